The van der Waals surface area contributed by atoms with Crippen LogP contribution in [0.3, 0.4) is 0 Å². The highest BCUT2D eigenvalue weighted by Gasteiger charge is 2.18. The summed E-state index contributed by atoms with van der Waals surface area (Å²) >= 11 is 0. The summed E-state index contributed by atoms with van der Waals surface area (Å²) in [7, 11) is 3.85. The second-order valence-electron chi connectivity index (χ2n) is 5.37. The predicted molar refractivity (Wildman–Crippen MR) is 81.1 cm³/mol. The minimum Gasteiger partial charge on any atom is -0.495 e. The molecule has 1 aromatic carbocycles. The zero-order chi connectivity index (χ0) is 14.4. The maximum atomic E-state index is 8.89. The van der Waals surface area contributed by atoms with Gasteiger partial charge in [0.1, 0.15) is 5.75 Å². The van der Waals surface area contributed by atoms with Crippen molar-refractivity contribution in [3.63, 3.8) is 0 Å². The summed E-state index contributed by atoms with van der Waals surface area (Å²) in [5, 5.41) is 12.3. The van der Waals surface area contributed by atoms with Gasteiger partial charge < -0.3 is 15.0 Å². The summed E-state index contributed by atoms with van der Waals surface area (Å²) in [4.78, 5) is 2.46. The molecule has 1 heterocycles. The van der Waals surface area contributed by atoms with Gasteiger partial charge in [0.25, 0.3) is 0 Å². The lowest BCUT2D eigenvalue weighted by molar-refractivity contribution is 0.179. The van der Waals surface area contributed by atoms with Crippen LogP contribution in [0.4, 0.5) is 5.69 Å². The van der Waals surface area contributed by atoms with E-state index >= 15 is 0 Å². The average Bonchev–Trinajstić information content (AvgIpc) is 2.49. The molecule has 1 atom stereocenters. The van der Waals surface area contributed by atoms with E-state index in [2.05, 4.69) is 23.3 Å². The Morgan fingerprint density at radius 1 is 1.45 bits per heavy atom. The van der Waals surface area contributed by atoms with Gasteiger partial charge in [-0.25, -0.2) is 0 Å². The first-order valence-electron chi connectivity index (χ1n) is 7.27. The number of piperidine rings is 1. The van der Waals surface area contributed by atoms with Crippen LogP contribution in [-0.4, -0.2) is 38.2 Å². The number of rotatable bonds is 5. The molecule has 0 spiro atoms. The molecule has 0 aromatic heterocycles. The zero-order valence-electron chi connectivity index (χ0n) is 12.4. The fraction of sp³-hybridized carbons (Fsp3) is 0.562. The lowest BCUT2D eigenvalue weighted by Gasteiger charge is -2.32. The molecular formula is C16H23N3O. The summed E-state index contributed by atoms with van der Waals surface area (Å²) in [5.74, 6) is 0.737. The average molecular weight is 273 g/mol. The van der Waals surface area contributed by atoms with Crippen molar-refractivity contribution in [3.05, 3.63) is 23.8 Å². The van der Waals surface area contributed by atoms with Crippen LogP contribution >= 0.6 is 0 Å². The Labute approximate surface area is 121 Å². The number of ether oxygens (including phenoxy) is 1. The number of hydrogen-bond donors (Lipinski definition) is 1. The number of methoxy groups -OCH3 is 1. The minimum atomic E-state index is 0.624. The van der Waals surface area contributed by atoms with E-state index in [1.54, 1.807) is 13.2 Å². The quantitative estimate of drug-likeness (QED) is 0.896. The third-order valence-corrected chi connectivity index (χ3v) is 4.05. The van der Waals surface area contributed by atoms with E-state index in [9.17, 15) is 0 Å². The topological polar surface area (TPSA) is 48.3 Å². The van der Waals surface area contributed by atoms with Crippen molar-refractivity contribution in [3.8, 4) is 11.8 Å². The highest BCUT2D eigenvalue weighted by molar-refractivity contribution is 5.59. The van der Waals surface area contributed by atoms with Gasteiger partial charge in [-0.3, -0.25) is 0 Å². The van der Waals surface area contributed by atoms with E-state index in [0.717, 1.165) is 24.4 Å². The van der Waals surface area contributed by atoms with Crippen LogP contribution in [0.5, 0.6) is 5.75 Å². The molecule has 0 bridgehead atoms. The lowest BCUT2D eigenvalue weighted by Crippen LogP contribution is -2.37. The van der Waals surface area contributed by atoms with Gasteiger partial charge in [0.15, 0.2) is 0 Å². The number of benzene rings is 1. The Hall–Kier alpha value is -1.73. The Kier molecular flexibility index (Phi) is 5.25. The Bertz CT molecular complexity index is 481. The maximum Gasteiger partial charge on any atom is 0.143 e. The highest BCUT2D eigenvalue weighted by atomic mass is 16.5. The second kappa shape index (κ2) is 7.16. The standard InChI is InChI=1S/C16H23N3O/c1-19-10-4-3-5-14(19)8-9-18-15-7-6-13(12-17)11-16(15)20-2/h6-7,11,14,18H,3-5,8-10H2,1-2H3. The number of likely N-dealkylation sites (tertiary alicyclic amines) is 1. The van der Waals surface area contributed by atoms with E-state index in [0.29, 0.717) is 11.6 Å². The molecule has 2 rings (SSSR count). The van der Waals surface area contributed by atoms with Gasteiger partial charge in [-0.1, -0.05) is 6.42 Å². The molecule has 1 aromatic rings. The molecule has 1 N–H and O–H groups in total. The molecule has 0 radical (unpaired) electrons. The van der Waals surface area contributed by atoms with E-state index < -0.39 is 0 Å². The van der Waals surface area contributed by atoms with Crippen molar-refractivity contribution in [2.24, 2.45) is 0 Å². The van der Waals surface area contributed by atoms with Crippen molar-refractivity contribution in [2.45, 2.75) is 31.7 Å². The van der Waals surface area contributed by atoms with Gasteiger partial charge in [-0.05, 0) is 45.0 Å². The van der Waals surface area contributed by atoms with Crippen LogP contribution in [-0.2, 0) is 0 Å². The molecule has 0 amide bonds. The van der Waals surface area contributed by atoms with Crippen LogP contribution in [0.25, 0.3) is 0 Å². The maximum absolute atomic E-state index is 8.89. The third-order valence-electron chi connectivity index (χ3n) is 4.05. The summed E-state index contributed by atoms with van der Waals surface area (Å²) in [6.07, 6.45) is 5.10. The van der Waals surface area contributed by atoms with Crippen molar-refractivity contribution in [1.82, 2.24) is 4.90 Å². The van der Waals surface area contributed by atoms with Crippen LogP contribution in [0.2, 0.25) is 0 Å². The zero-order valence-corrected chi connectivity index (χ0v) is 12.4. The largest absolute Gasteiger partial charge is 0.495 e. The van der Waals surface area contributed by atoms with Crippen LogP contribution in [0.1, 0.15) is 31.2 Å². The minimum absolute atomic E-state index is 0.624. The van der Waals surface area contributed by atoms with Crippen LogP contribution in [0, 0.1) is 11.3 Å². The number of nitrogens with zero attached hydrogens (tertiary/aromatic N) is 2. The SMILES string of the molecule is COc1cc(C#N)ccc1NCCC1CCCCN1C. The molecule has 0 aliphatic carbocycles. The normalized spacial score (nSPS) is 19.4. The molecular weight excluding hydrogens is 250 g/mol. The van der Waals surface area contributed by atoms with Gasteiger partial charge in [0.05, 0.1) is 24.4 Å². The molecule has 4 nitrogen and oxygen atoms in total. The van der Waals surface area contributed by atoms with E-state index in [1.165, 1.54) is 25.8 Å². The van der Waals surface area contributed by atoms with E-state index in [-0.39, 0.29) is 0 Å². The Balaban J connectivity index is 1.89. The van der Waals surface area contributed by atoms with E-state index in [1.807, 2.05) is 12.1 Å². The van der Waals surface area contributed by atoms with Gasteiger partial charge in [-0.15, -0.1) is 0 Å². The first-order chi connectivity index (χ1) is 9.74. The number of anilines is 1. The van der Waals surface area contributed by atoms with Crippen molar-refractivity contribution in [2.75, 3.05) is 32.6 Å². The molecule has 0 saturated carbocycles. The molecule has 20 heavy (non-hydrogen) atoms. The van der Waals surface area contributed by atoms with Gasteiger partial charge in [0.2, 0.25) is 0 Å². The van der Waals surface area contributed by atoms with Gasteiger partial charge in [-0.2, -0.15) is 5.26 Å². The monoisotopic (exact) mass is 273 g/mol. The summed E-state index contributed by atoms with van der Waals surface area (Å²) in [6.45, 7) is 2.14. The number of nitrogens with one attached hydrogen (secondary N) is 1. The van der Waals surface area contributed by atoms with E-state index in [4.69, 9.17) is 10.00 Å². The molecule has 108 valence electrons. The molecule has 1 aliphatic rings. The Morgan fingerprint density at radius 3 is 3.00 bits per heavy atom. The molecule has 1 unspecified atom stereocenters. The molecule has 1 fully saturated rings. The first-order valence-corrected chi connectivity index (χ1v) is 7.27. The van der Waals surface area contributed by atoms with Crippen molar-refractivity contribution >= 4 is 5.69 Å². The molecule has 4 heteroatoms. The molecule has 1 saturated heterocycles. The Morgan fingerprint density at radius 2 is 2.30 bits per heavy atom. The fourth-order valence-electron chi connectivity index (χ4n) is 2.79. The highest BCUT2D eigenvalue weighted by Crippen LogP contribution is 2.26. The number of hydrogen-bond acceptors (Lipinski definition) is 4. The lowest BCUT2D eigenvalue weighted by atomic mass is 10.0. The number of nitriles is 1. The van der Waals surface area contributed by atoms with Crippen molar-refractivity contribution in [1.29, 1.82) is 5.26 Å². The third kappa shape index (κ3) is 3.64. The van der Waals surface area contributed by atoms with Crippen LogP contribution < -0.4 is 10.1 Å². The summed E-state index contributed by atoms with van der Waals surface area (Å²) in [6, 6.07) is 8.32. The van der Waals surface area contributed by atoms with Crippen LogP contribution in [0.15, 0.2) is 18.2 Å². The first kappa shape index (κ1) is 14.7. The summed E-state index contributed by atoms with van der Waals surface area (Å²) < 4.78 is 5.33. The fourth-order valence-corrected chi connectivity index (χ4v) is 2.79. The van der Waals surface area contributed by atoms with Gasteiger partial charge in [0, 0.05) is 18.7 Å². The summed E-state index contributed by atoms with van der Waals surface area (Å²) in [5.41, 5.74) is 1.59. The van der Waals surface area contributed by atoms with Crippen molar-refractivity contribution < 1.29 is 4.74 Å². The van der Waals surface area contributed by atoms with Gasteiger partial charge >= 0.3 is 0 Å². The predicted octanol–water partition coefficient (Wildman–Crippen LogP) is 2.85. The molecule has 1 aliphatic heterocycles. The second-order valence-corrected chi connectivity index (χ2v) is 5.37. The smallest absolute Gasteiger partial charge is 0.143 e.